The first kappa shape index (κ1) is 23.1. The molecule has 4 rings (SSSR count). The lowest BCUT2D eigenvalue weighted by Gasteiger charge is -2.08. The van der Waals surface area contributed by atoms with Gasteiger partial charge < -0.3 is 9.88 Å². The van der Waals surface area contributed by atoms with Crippen molar-refractivity contribution in [1.82, 2.24) is 14.5 Å². The fourth-order valence-electron chi connectivity index (χ4n) is 3.60. The first-order valence-electron chi connectivity index (χ1n) is 10.6. The molecular formula is C23H25N5O3S2. The Balaban J connectivity index is 1.47. The number of primary sulfonamides is 1. The minimum Gasteiger partial charge on any atom is -0.328 e. The molecular weight excluding hydrogens is 458 g/mol. The molecule has 8 nitrogen and oxygen atoms in total. The first-order valence-corrected chi connectivity index (χ1v) is 13.0. The third kappa shape index (κ3) is 5.29. The van der Waals surface area contributed by atoms with Crippen molar-refractivity contribution < 1.29 is 13.2 Å². The molecule has 0 unspecified atom stereocenters. The predicted molar refractivity (Wildman–Crippen MR) is 131 cm³/mol. The van der Waals surface area contributed by atoms with Gasteiger partial charge in [-0.05, 0) is 31.5 Å². The minimum absolute atomic E-state index is 0.0218. The van der Waals surface area contributed by atoms with Gasteiger partial charge >= 0.3 is 0 Å². The molecule has 2 aromatic carbocycles. The topological polar surface area (TPSA) is 120 Å². The Morgan fingerprint density at radius 3 is 2.61 bits per heavy atom. The van der Waals surface area contributed by atoms with Crippen LogP contribution in [0.25, 0.3) is 22.3 Å². The number of aromatic nitrogens is 3. The van der Waals surface area contributed by atoms with Gasteiger partial charge in [-0.25, -0.2) is 23.5 Å². The molecule has 10 heteroatoms. The van der Waals surface area contributed by atoms with Crippen molar-refractivity contribution in [3.05, 3.63) is 59.2 Å². The third-order valence-electron chi connectivity index (χ3n) is 5.25. The molecule has 0 saturated heterocycles. The number of carbonyl (C=O) groups is 1. The number of fused-ring (bicyclic) bond motifs is 1. The number of thiazole rings is 1. The second-order valence-corrected chi connectivity index (χ2v) is 10.2. The van der Waals surface area contributed by atoms with Crippen LogP contribution in [0.2, 0.25) is 0 Å². The Morgan fingerprint density at radius 1 is 1.15 bits per heavy atom. The SMILES string of the molecule is CCCn1c(CCC(=O)Nc2nc(-c3ccc(C)cc3)cs2)nc2cc(S(N)(=O)=O)ccc21. The number of nitrogens with zero attached hydrogens (tertiary/aromatic N) is 3. The highest BCUT2D eigenvalue weighted by Crippen LogP contribution is 2.26. The summed E-state index contributed by atoms with van der Waals surface area (Å²) in [6.07, 6.45) is 1.53. The van der Waals surface area contributed by atoms with Gasteiger partial charge in [0.25, 0.3) is 0 Å². The van der Waals surface area contributed by atoms with Crippen LogP contribution >= 0.6 is 11.3 Å². The molecule has 2 heterocycles. The predicted octanol–water partition coefficient (Wildman–Crippen LogP) is 4.10. The molecule has 172 valence electrons. The van der Waals surface area contributed by atoms with E-state index in [2.05, 4.69) is 22.2 Å². The van der Waals surface area contributed by atoms with Crippen LogP contribution in [-0.2, 0) is 27.8 Å². The molecule has 2 aromatic heterocycles. The van der Waals surface area contributed by atoms with Crippen LogP contribution < -0.4 is 10.5 Å². The molecule has 33 heavy (non-hydrogen) atoms. The van der Waals surface area contributed by atoms with E-state index < -0.39 is 10.0 Å². The zero-order valence-electron chi connectivity index (χ0n) is 18.4. The second-order valence-electron chi connectivity index (χ2n) is 7.83. The van der Waals surface area contributed by atoms with E-state index in [1.165, 1.54) is 29.0 Å². The van der Waals surface area contributed by atoms with Gasteiger partial charge in [0.15, 0.2) is 5.13 Å². The smallest absolute Gasteiger partial charge is 0.238 e. The number of benzene rings is 2. The number of hydrogen-bond acceptors (Lipinski definition) is 6. The third-order valence-corrected chi connectivity index (χ3v) is 6.92. The average molecular weight is 484 g/mol. The number of aryl methyl sites for hydroxylation is 3. The fraction of sp³-hybridized carbons (Fsp3) is 0.261. The van der Waals surface area contributed by atoms with E-state index in [-0.39, 0.29) is 17.2 Å². The van der Waals surface area contributed by atoms with Crippen molar-refractivity contribution in [1.29, 1.82) is 0 Å². The summed E-state index contributed by atoms with van der Waals surface area (Å²) >= 11 is 1.38. The molecule has 3 N–H and O–H groups in total. The van der Waals surface area contributed by atoms with Gasteiger partial charge in [0, 0.05) is 30.3 Å². The molecule has 0 bridgehead atoms. The maximum atomic E-state index is 12.6. The van der Waals surface area contributed by atoms with Crippen LogP contribution in [-0.4, -0.2) is 28.9 Å². The Morgan fingerprint density at radius 2 is 1.91 bits per heavy atom. The van der Waals surface area contributed by atoms with Crippen molar-refractivity contribution in [3.63, 3.8) is 0 Å². The van der Waals surface area contributed by atoms with Gasteiger partial charge in [0.1, 0.15) is 5.82 Å². The van der Waals surface area contributed by atoms with E-state index >= 15 is 0 Å². The Labute approximate surface area is 196 Å². The Hall–Kier alpha value is -3.08. The minimum atomic E-state index is -3.81. The number of nitrogens with two attached hydrogens (primary N) is 1. The molecule has 1 amide bonds. The molecule has 4 aromatic rings. The molecule has 0 radical (unpaired) electrons. The number of rotatable bonds is 8. The maximum Gasteiger partial charge on any atom is 0.238 e. The summed E-state index contributed by atoms with van der Waals surface area (Å²) in [7, 11) is -3.81. The lowest BCUT2D eigenvalue weighted by Crippen LogP contribution is -2.14. The Bertz CT molecular complexity index is 1410. The number of imidazole rings is 1. The number of hydrogen-bond donors (Lipinski definition) is 2. The van der Waals surface area contributed by atoms with E-state index in [1.807, 2.05) is 41.1 Å². The highest BCUT2D eigenvalue weighted by molar-refractivity contribution is 7.89. The van der Waals surface area contributed by atoms with Crippen molar-refractivity contribution in [2.45, 2.75) is 44.6 Å². The summed E-state index contributed by atoms with van der Waals surface area (Å²) in [6, 6.07) is 12.7. The molecule has 0 atom stereocenters. The Kier molecular flexibility index (Phi) is 6.59. The van der Waals surface area contributed by atoms with Gasteiger partial charge in [-0.2, -0.15) is 0 Å². The van der Waals surface area contributed by atoms with Crippen LogP contribution in [0.5, 0.6) is 0 Å². The number of sulfonamides is 1. The van der Waals surface area contributed by atoms with Gasteiger partial charge in [0.05, 0.1) is 21.6 Å². The second kappa shape index (κ2) is 9.42. The summed E-state index contributed by atoms with van der Waals surface area (Å²) in [5, 5.41) is 10.6. The number of carbonyl (C=O) groups excluding carboxylic acids is 1. The lowest BCUT2D eigenvalue weighted by molar-refractivity contribution is -0.116. The van der Waals surface area contributed by atoms with E-state index in [4.69, 9.17) is 5.14 Å². The van der Waals surface area contributed by atoms with Crippen molar-refractivity contribution in [2.24, 2.45) is 5.14 Å². The summed E-state index contributed by atoms with van der Waals surface area (Å²) < 4.78 is 25.4. The molecule has 0 aliphatic rings. The highest BCUT2D eigenvalue weighted by atomic mass is 32.2. The molecule has 0 fully saturated rings. The summed E-state index contributed by atoms with van der Waals surface area (Å²) in [4.78, 5) is 21.7. The zero-order chi connectivity index (χ0) is 23.6. The van der Waals surface area contributed by atoms with Crippen LogP contribution in [0.3, 0.4) is 0 Å². The molecule has 0 aliphatic heterocycles. The van der Waals surface area contributed by atoms with E-state index in [9.17, 15) is 13.2 Å². The fourth-order valence-corrected chi connectivity index (χ4v) is 4.87. The van der Waals surface area contributed by atoms with Gasteiger partial charge in [-0.1, -0.05) is 36.8 Å². The molecule has 0 saturated carbocycles. The summed E-state index contributed by atoms with van der Waals surface area (Å²) in [6.45, 7) is 4.80. The lowest BCUT2D eigenvalue weighted by atomic mass is 10.1. The van der Waals surface area contributed by atoms with Crippen LogP contribution in [0, 0.1) is 6.92 Å². The first-order chi connectivity index (χ1) is 15.7. The van der Waals surface area contributed by atoms with Crippen molar-refractivity contribution in [2.75, 3.05) is 5.32 Å². The van der Waals surface area contributed by atoms with Crippen LogP contribution in [0.15, 0.2) is 52.7 Å². The van der Waals surface area contributed by atoms with Gasteiger partial charge in [0.2, 0.25) is 15.9 Å². The summed E-state index contributed by atoms with van der Waals surface area (Å²) in [5.74, 6) is 0.577. The quantitative estimate of drug-likeness (QED) is 0.391. The van der Waals surface area contributed by atoms with E-state index in [1.54, 1.807) is 6.07 Å². The van der Waals surface area contributed by atoms with Gasteiger partial charge in [-0.3, -0.25) is 4.79 Å². The van der Waals surface area contributed by atoms with E-state index in [0.29, 0.717) is 23.6 Å². The average Bonchev–Trinajstić information content (AvgIpc) is 3.37. The molecule has 0 aliphatic carbocycles. The number of nitrogens with one attached hydrogen (secondary N) is 1. The van der Waals surface area contributed by atoms with Crippen molar-refractivity contribution >= 4 is 43.4 Å². The maximum absolute atomic E-state index is 12.6. The number of anilines is 1. The van der Waals surface area contributed by atoms with E-state index in [0.717, 1.165) is 29.0 Å². The monoisotopic (exact) mass is 483 g/mol. The molecule has 0 spiro atoms. The largest absolute Gasteiger partial charge is 0.328 e. The number of amides is 1. The van der Waals surface area contributed by atoms with Crippen LogP contribution in [0.1, 0.15) is 31.2 Å². The highest BCUT2D eigenvalue weighted by Gasteiger charge is 2.16. The van der Waals surface area contributed by atoms with Gasteiger partial charge in [-0.15, -0.1) is 11.3 Å². The van der Waals surface area contributed by atoms with Crippen LogP contribution in [0.4, 0.5) is 5.13 Å². The normalized spacial score (nSPS) is 11.7. The summed E-state index contributed by atoms with van der Waals surface area (Å²) in [5.41, 5.74) is 4.38. The zero-order valence-corrected chi connectivity index (χ0v) is 20.0. The van der Waals surface area contributed by atoms with Crippen molar-refractivity contribution in [3.8, 4) is 11.3 Å². The standard InChI is InChI=1S/C23H25N5O3S2/c1-3-12-28-20-9-8-17(33(24,30)31)13-18(20)25-21(28)10-11-22(29)27-23-26-19(14-32-23)16-6-4-15(2)5-7-16/h4-9,13-14H,3,10-12H2,1-2H3,(H2,24,30,31)(H,26,27,29).